The Bertz CT molecular complexity index is 823. The Labute approximate surface area is 144 Å². The predicted molar refractivity (Wildman–Crippen MR) is 81.0 cm³/mol. The predicted octanol–water partition coefficient (Wildman–Crippen LogP) is 3.74. The Morgan fingerprint density at radius 3 is 1.88 bits per heavy atom. The largest absolute Gasteiger partial charge is 0.452 e. The lowest BCUT2D eigenvalue weighted by Gasteiger charge is -2.10. The summed E-state index contributed by atoms with van der Waals surface area (Å²) in [7, 11) is 0. The minimum atomic E-state index is -2.35. The third-order valence-electron chi connectivity index (χ3n) is 3.41. The maximum absolute atomic E-state index is 13.5. The van der Waals surface area contributed by atoms with E-state index in [1.165, 1.54) is 17.4 Å². The fourth-order valence-corrected chi connectivity index (χ4v) is 1.98. The second-order valence-electron chi connectivity index (χ2n) is 5.12. The van der Waals surface area contributed by atoms with Gasteiger partial charge in [-0.2, -0.15) is 0 Å². The van der Waals surface area contributed by atoms with Gasteiger partial charge in [0, 0.05) is 0 Å². The van der Waals surface area contributed by atoms with E-state index in [0.717, 1.165) is 12.0 Å². The summed E-state index contributed by atoms with van der Waals surface area (Å²) in [5, 5.41) is 1.50. The van der Waals surface area contributed by atoms with Crippen molar-refractivity contribution >= 4 is 17.6 Å². The number of nitrogens with one attached hydrogen (secondary N) is 1. The third kappa shape index (κ3) is 3.98. The Hall–Kier alpha value is -2.97. The van der Waals surface area contributed by atoms with E-state index in [0.29, 0.717) is 0 Å². The van der Waals surface area contributed by atoms with E-state index in [9.17, 15) is 31.5 Å². The summed E-state index contributed by atoms with van der Waals surface area (Å²) >= 11 is 0. The Morgan fingerprint density at radius 2 is 1.38 bits per heavy atom. The number of anilines is 1. The first-order chi connectivity index (χ1) is 12.3. The summed E-state index contributed by atoms with van der Waals surface area (Å²) in [6, 6.07) is 6.27. The molecule has 0 aromatic heterocycles. The van der Waals surface area contributed by atoms with E-state index in [-0.39, 0.29) is 5.56 Å². The topological polar surface area (TPSA) is 55.4 Å². The molecular weight excluding hydrogens is 361 g/mol. The minimum absolute atomic E-state index is 0.131. The molecule has 0 aliphatic heterocycles. The number of amides is 1. The van der Waals surface area contributed by atoms with Crippen molar-refractivity contribution < 1.29 is 36.3 Å². The van der Waals surface area contributed by atoms with Crippen LogP contribution in [-0.2, 0) is 16.0 Å². The second kappa shape index (κ2) is 7.94. The van der Waals surface area contributed by atoms with Crippen LogP contribution >= 0.6 is 0 Å². The van der Waals surface area contributed by atoms with Crippen LogP contribution < -0.4 is 5.32 Å². The lowest BCUT2D eigenvalue weighted by molar-refractivity contribution is -0.119. The van der Waals surface area contributed by atoms with Crippen LogP contribution in [-0.4, -0.2) is 18.5 Å². The number of carbonyl (C=O) groups is 2. The maximum atomic E-state index is 13.5. The average molecular weight is 373 g/mol. The molecule has 138 valence electrons. The fraction of sp³-hybridized carbons (Fsp3) is 0.176. The first-order valence-corrected chi connectivity index (χ1v) is 7.33. The highest BCUT2D eigenvalue weighted by Gasteiger charge is 2.27. The number of benzene rings is 2. The number of hydrogen-bond donors (Lipinski definition) is 1. The van der Waals surface area contributed by atoms with Gasteiger partial charge in [-0.25, -0.2) is 26.7 Å². The van der Waals surface area contributed by atoms with Crippen molar-refractivity contribution in [2.75, 3.05) is 11.9 Å². The lowest BCUT2D eigenvalue weighted by Crippen LogP contribution is -2.23. The molecule has 0 saturated heterocycles. The van der Waals surface area contributed by atoms with Crippen molar-refractivity contribution in [3.8, 4) is 0 Å². The highest BCUT2D eigenvalue weighted by molar-refractivity contribution is 5.95. The number of carbonyl (C=O) groups excluding carboxylic acids is 2. The highest BCUT2D eigenvalue weighted by Crippen LogP contribution is 2.27. The van der Waals surface area contributed by atoms with Crippen molar-refractivity contribution in [1.29, 1.82) is 0 Å². The standard InChI is InChI=1S/C17H12F5NO3/c1-2-8-3-5-9(6-4-8)17(25)26-7-10(24)23-16-14(21)12(19)11(18)13(20)15(16)22/h3-6H,2,7H2,1H3,(H,23,24). The summed E-state index contributed by atoms with van der Waals surface area (Å²) in [6.07, 6.45) is 0.750. The Kier molecular flexibility index (Phi) is 5.91. The first-order valence-electron chi connectivity index (χ1n) is 7.33. The van der Waals surface area contributed by atoms with Crippen molar-refractivity contribution in [3.05, 3.63) is 64.5 Å². The van der Waals surface area contributed by atoms with Crippen LogP contribution in [0.1, 0.15) is 22.8 Å². The van der Waals surface area contributed by atoms with Crippen LogP contribution in [0.3, 0.4) is 0 Å². The van der Waals surface area contributed by atoms with Crippen molar-refractivity contribution in [1.82, 2.24) is 0 Å². The van der Waals surface area contributed by atoms with E-state index in [1.807, 2.05) is 6.92 Å². The van der Waals surface area contributed by atoms with Gasteiger partial charge in [0.25, 0.3) is 5.91 Å². The van der Waals surface area contributed by atoms with Crippen LogP contribution in [0.15, 0.2) is 24.3 Å². The molecule has 26 heavy (non-hydrogen) atoms. The van der Waals surface area contributed by atoms with E-state index in [4.69, 9.17) is 0 Å². The van der Waals surface area contributed by atoms with Crippen molar-refractivity contribution in [2.45, 2.75) is 13.3 Å². The zero-order chi connectivity index (χ0) is 19.4. The van der Waals surface area contributed by atoms with Gasteiger partial charge in [0.2, 0.25) is 5.82 Å². The van der Waals surface area contributed by atoms with E-state index in [1.54, 1.807) is 12.1 Å². The fourth-order valence-electron chi connectivity index (χ4n) is 1.98. The quantitative estimate of drug-likeness (QED) is 0.376. The summed E-state index contributed by atoms with van der Waals surface area (Å²) < 4.78 is 70.6. The molecule has 0 bridgehead atoms. The molecule has 1 N–H and O–H groups in total. The lowest BCUT2D eigenvalue weighted by atomic mass is 10.1. The van der Waals surface area contributed by atoms with E-state index in [2.05, 4.69) is 4.74 Å². The van der Waals surface area contributed by atoms with Crippen LogP contribution in [0.5, 0.6) is 0 Å². The molecule has 2 aromatic carbocycles. The smallest absolute Gasteiger partial charge is 0.338 e. The maximum Gasteiger partial charge on any atom is 0.338 e. The number of aryl methyl sites for hydroxylation is 1. The molecule has 2 aromatic rings. The summed E-state index contributed by atoms with van der Waals surface area (Å²) in [5.41, 5.74) is -0.424. The number of ether oxygens (including phenoxy) is 1. The summed E-state index contributed by atoms with van der Waals surface area (Å²) in [5.74, 6) is -13.3. The summed E-state index contributed by atoms with van der Waals surface area (Å²) in [6.45, 7) is 0.935. The molecule has 0 fully saturated rings. The second-order valence-corrected chi connectivity index (χ2v) is 5.12. The van der Waals surface area contributed by atoms with Gasteiger partial charge in [0.1, 0.15) is 5.69 Å². The monoisotopic (exact) mass is 373 g/mol. The minimum Gasteiger partial charge on any atom is -0.452 e. The van der Waals surface area contributed by atoms with Gasteiger partial charge in [0.05, 0.1) is 5.56 Å². The Balaban J connectivity index is 2.04. The van der Waals surface area contributed by atoms with Gasteiger partial charge < -0.3 is 10.1 Å². The molecule has 2 rings (SSSR count). The highest BCUT2D eigenvalue weighted by atomic mass is 19.2. The molecule has 0 spiro atoms. The number of hydrogen-bond acceptors (Lipinski definition) is 3. The first kappa shape index (κ1) is 19.4. The molecule has 0 aliphatic carbocycles. The van der Waals surface area contributed by atoms with Gasteiger partial charge in [-0.3, -0.25) is 4.79 Å². The molecule has 0 aliphatic rings. The van der Waals surface area contributed by atoms with Crippen LogP contribution in [0.2, 0.25) is 0 Å². The van der Waals surface area contributed by atoms with E-state index >= 15 is 0 Å². The molecule has 4 nitrogen and oxygen atoms in total. The number of halogens is 5. The van der Waals surface area contributed by atoms with Crippen LogP contribution in [0.4, 0.5) is 27.6 Å². The van der Waals surface area contributed by atoms with E-state index < -0.39 is 53.3 Å². The molecule has 0 saturated carbocycles. The van der Waals surface area contributed by atoms with Gasteiger partial charge in [-0.1, -0.05) is 19.1 Å². The molecule has 0 radical (unpaired) electrons. The molecule has 9 heteroatoms. The van der Waals surface area contributed by atoms with Crippen LogP contribution in [0, 0.1) is 29.1 Å². The van der Waals surface area contributed by atoms with Gasteiger partial charge in [-0.15, -0.1) is 0 Å². The number of esters is 1. The number of rotatable bonds is 5. The Morgan fingerprint density at radius 1 is 0.885 bits per heavy atom. The average Bonchev–Trinajstić information content (AvgIpc) is 2.66. The van der Waals surface area contributed by atoms with Crippen molar-refractivity contribution in [3.63, 3.8) is 0 Å². The molecular formula is C17H12F5NO3. The SMILES string of the molecule is CCc1ccc(C(=O)OCC(=O)Nc2c(F)c(F)c(F)c(F)c2F)cc1. The zero-order valence-corrected chi connectivity index (χ0v) is 13.3. The molecule has 0 unspecified atom stereocenters. The molecule has 0 atom stereocenters. The van der Waals surface area contributed by atoms with Crippen LogP contribution in [0.25, 0.3) is 0 Å². The zero-order valence-electron chi connectivity index (χ0n) is 13.3. The third-order valence-corrected chi connectivity index (χ3v) is 3.41. The summed E-state index contributed by atoms with van der Waals surface area (Å²) in [4.78, 5) is 23.4. The molecule has 1 amide bonds. The van der Waals surface area contributed by atoms with Gasteiger partial charge >= 0.3 is 5.97 Å². The normalized spacial score (nSPS) is 10.5. The molecule has 0 heterocycles. The van der Waals surface area contributed by atoms with Gasteiger partial charge in [-0.05, 0) is 24.1 Å². The van der Waals surface area contributed by atoms with Gasteiger partial charge in [0.15, 0.2) is 29.9 Å². The van der Waals surface area contributed by atoms with Crippen molar-refractivity contribution in [2.24, 2.45) is 0 Å².